The molecule has 6 nitrogen and oxygen atoms in total. The fourth-order valence-corrected chi connectivity index (χ4v) is 2.38. The molecule has 2 heterocycles. The van der Waals surface area contributed by atoms with Gasteiger partial charge in [0.2, 0.25) is 0 Å². The zero-order valence-electron chi connectivity index (χ0n) is 12.9. The minimum absolute atomic E-state index is 0.169. The molecule has 0 fully saturated rings. The summed E-state index contributed by atoms with van der Waals surface area (Å²) in [6.45, 7) is 0.562. The summed E-state index contributed by atoms with van der Waals surface area (Å²) in [7, 11) is 0. The summed E-state index contributed by atoms with van der Waals surface area (Å²) in [4.78, 5) is 16.3. The minimum atomic E-state index is -0.421. The highest BCUT2D eigenvalue weighted by Gasteiger charge is 2.12. The van der Waals surface area contributed by atoms with Crippen LogP contribution in [-0.2, 0) is 6.54 Å². The first kappa shape index (κ1) is 17.1. The average Bonchev–Trinajstić information content (AvgIpc) is 2.65. The minimum Gasteiger partial charge on any atom is -0.364 e. The second-order valence-corrected chi connectivity index (χ2v) is 5.86. The zero-order valence-corrected chi connectivity index (χ0v) is 14.4. The Morgan fingerprint density at radius 3 is 2.64 bits per heavy atom. The molecular weight excluding hydrogens is 361 g/mol. The molecule has 0 radical (unpaired) electrons. The molecule has 0 saturated heterocycles. The summed E-state index contributed by atoms with van der Waals surface area (Å²) in [5.41, 5.74) is 1.60. The molecular formula is C17H13Cl2N5O. The molecule has 126 valence electrons. The van der Waals surface area contributed by atoms with Gasteiger partial charge in [0.1, 0.15) is 5.82 Å². The first-order valence-electron chi connectivity index (χ1n) is 7.35. The van der Waals surface area contributed by atoms with Crippen LogP contribution in [0.1, 0.15) is 16.1 Å². The molecule has 3 aromatic rings. The Morgan fingerprint density at radius 2 is 1.92 bits per heavy atom. The summed E-state index contributed by atoms with van der Waals surface area (Å²) >= 11 is 12.0. The highest BCUT2D eigenvalue weighted by Crippen LogP contribution is 2.29. The second-order valence-electron chi connectivity index (χ2n) is 5.07. The van der Waals surface area contributed by atoms with E-state index in [2.05, 4.69) is 25.8 Å². The molecule has 0 unspecified atom stereocenters. The van der Waals surface area contributed by atoms with Crippen LogP contribution in [0.15, 0.2) is 54.9 Å². The van der Waals surface area contributed by atoms with E-state index in [0.29, 0.717) is 23.1 Å². The number of amides is 1. The van der Waals surface area contributed by atoms with Crippen molar-refractivity contribution in [2.24, 2.45) is 0 Å². The van der Waals surface area contributed by atoms with Gasteiger partial charge in [-0.2, -0.15) is 0 Å². The number of benzene rings is 1. The van der Waals surface area contributed by atoms with Gasteiger partial charge >= 0.3 is 0 Å². The number of nitrogens with one attached hydrogen (secondary N) is 2. The lowest BCUT2D eigenvalue weighted by molar-refractivity contribution is 0.102. The van der Waals surface area contributed by atoms with Gasteiger partial charge in [-0.1, -0.05) is 35.3 Å². The maximum absolute atomic E-state index is 12.2. The van der Waals surface area contributed by atoms with Crippen molar-refractivity contribution >= 4 is 40.6 Å². The standard InChI is InChI=1S/C17H13Cl2N5O/c18-12-4-1-5-13(16(12)19)22-17(25)14-6-7-15(24-23-14)21-10-11-3-2-8-20-9-11/h1-9H,10H2,(H,21,24)(H,22,25). The van der Waals surface area contributed by atoms with Crippen LogP contribution in [0, 0.1) is 0 Å². The Bertz CT molecular complexity index is 872. The van der Waals surface area contributed by atoms with E-state index in [1.807, 2.05) is 12.1 Å². The van der Waals surface area contributed by atoms with Gasteiger partial charge in [-0.3, -0.25) is 9.78 Å². The first-order chi connectivity index (χ1) is 12.1. The van der Waals surface area contributed by atoms with Crippen LogP contribution in [0.2, 0.25) is 10.0 Å². The summed E-state index contributed by atoms with van der Waals surface area (Å²) < 4.78 is 0. The molecule has 8 heteroatoms. The van der Waals surface area contributed by atoms with Crippen molar-refractivity contribution in [1.82, 2.24) is 15.2 Å². The number of carbonyl (C=O) groups excluding carboxylic acids is 1. The molecule has 3 rings (SSSR count). The van der Waals surface area contributed by atoms with Crippen LogP contribution in [0.4, 0.5) is 11.5 Å². The zero-order chi connectivity index (χ0) is 17.6. The maximum Gasteiger partial charge on any atom is 0.276 e. The number of hydrogen-bond donors (Lipinski definition) is 2. The lowest BCUT2D eigenvalue weighted by Gasteiger charge is -2.08. The van der Waals surface area contributed by atoms with E-state index in [9.17, 15) is 4.79 Å². The summed E-state index contributed by atoms with van der Waals surface area (Å²) in [5, 5.41) is 14.3. The predicted octanol–water partition coefficient (Wildman–Crippen LogP) is 4.04. The highest BCUT2D eigenvalue weighted by atomic mass is 35.5. The third kappa shape index (κ3) is 4.43. The van der Waals surface area contributed by atoms with E-state index in [-0.39, 0.29) is 10.7 Å². The van der Waals surface area contributed by atoms with Crippen molar-refractivity contribution in [2.45, 2.75) is 6.54 Å². The Balaban J connectivity index is 1.63. The summed E-state index contributed by atoms with van der Waals surface area (Å²) in [5.74, 6) is 0.136. The lowest BCUT2D eigenvalue weighted by Crippen LogP contribution is -2.15. The van der Waals surface area contributed by atoms with Crippen LogP contribution >= 0.6 is 23.2 Å². The molecule has 2 N–H and O–H groups in total. The van der Waals surface area contributed by atoms with Crippen LogP contribution < -0.4 is 10.6 Å². The summed E-state index contributed by atoms with van der Waals surface area (Å²) in [6.07, 6.45) is 3.47. The van der Waals surface area contributed by atoms with E-state index in [1.54, 1.807) is 42.7 Å². The number of pyridine rings is 1. The maximum atomic E-state index is 12.2. The van der Waals surface area contributed by atoms with Crippen LogP contribution in [-0.4, -0.2) is 21.1 Å². The third-order valence-electron chi connectivity index (χ3n) is 3.29. The molecule has 0 atom stereocenters. The van der Waals surface area contributed by atoms with E-state index < -0.39 is 5.91 Å². The number of halogens is 2. The largest absolute Gasteiger partial charge is 0.364 e. The van der Waals surface area contributed by atoms with Crippen molar-refractivity contribution in [3.8, 4) is 0 Å². The quantitative estimate of drug-likeness (QED) is 0.705. The number of nitrogens with zero attached hydrogens (tertiary/aromatic N) is 3. The molecule has 0 aliphatic carbocycles. The molecule has 0 saturated carbocycles. The molecule has 0 bridgehead atoms. The van der Waals surface area contributed by atoms with E-state index in [0.717, 1.165) is 5.56 Å². The van der Waals surface area contributed by atoms with Gasteiger partial charge in [0.05, 0.1) is 15.7 Å². The third-order valence-corrected chi connectivity index (χ3v) is 4.11. The normalized spacial score (nSPS) is 10.3. The molecule has 25 heavy (non-hydrogen) atoms. The van der Waals surface area contributed by atoms with Gasteiger partial charge < -0.3 is 10.6 Å². The Hall–Kier alpha value is -2.70. The van der Waals surface area contributed by atoms with Gasteiger partial charge in [0.25, 0.3) is 5.91 Å². The van der Waals surface area contributed by atoms with Gasteiger partial charge in [-0.25, -0.2) is 0 Å². The van der Waals surface area contributed by atoms with Gasteiger partial charge in [0.15, 0.2) is 5.69 Å². The van der Waals surface area contributed by atoms with Crippen molar-refractivity contribution in [2.75, 3.05) is 10.6 Å². The number of rotatable bonds is 5. The summed E-state index contributed by atoms with van der Waals surface area (Å²) in [6, 6.07) is 12.1. The van der Waals surface area contributed by atoms with Gasteiger partial charge in [-0.05, 0) is 35.9 Å². The highest BCUT2D eigenvalue weighted by molar-refractivity contribution is 6.44. The van der Waals surface area contributed by atoms with E-state index in [1.165, 1.54) is 0 Å². The predicted molar refractivity (Wildman–Crippen MR) is 98.0 cm³/mol. The Morgan fingerprint density at radius 1 is 1.04 bits per heavy atom. The fraction of sp³-hybridized carbons (Fsp3) is 0.0588. The van der Waals surface area contributed by atoms with Crippen LogP contribution in [0.5, 0.6) is 0 Å². The van der Waals surface area contributed by atoms with Gasteiger partial charge in [-0.15, -0.1) is 10.2 Å². The smallest absolute Gasteiger partial charge is 0.276 e. The van der Waals surface area contributed by atoms with Crippen molar-refractivity contribution in [1.29, 1.82) is 0 Å². The number of aromatic nitrogens is 3. The molecule has 1 amide bonds. The van der Waals surface area contributed by atoms with Gasteiger partial charge in [0, 0.05) is 18.9 Å². The second kappa shape index (κ2) is 7.92. The van der Waals surface area contributed by atoms with Crippen molar-refractivity contribution in [3.05, 3.63) is 76.2 Å². The van der Waals surface area contributed by atoms with E-state index >= 15 is 0 Å². The lowest BCUT2D eigenvalue weighted by atomic mass is 10.3. The first-order valence-corrected chi connectivity index (χ1v) is 8.11. The monoisotopic (exact) mass is 373 g/mol. The molecule has 0 aliphatic heterocycles. The molecule has 0 aliphatic rings. The average molecular weight is 374 g/mol. The van der Waals surface area contributed by atoms with Crippen LogP contribution in [0.3, 0.4) is 0 Å². The van der Waals surface area contributed by atoms with Crippen LogP contribution in [0.25, 0.3) is 0 Å². The Labute approximate surface area is 154 Å². The number of anilines is 2. The van der Waals surface area contributed by atoms with Crippen molar-refractivity contribution < 1.29 is 4.79 Å². The molecule has 2 aromatic heterocycles. The molecule has 0 spiro atoms. The SMILES string of the molecule is O=C(Nc1cccc(Cl)c1Cl)c1ccc(NCc2cccnc2)nn1. The fourth-order valence-electron chi connectivity index (χ4n) is 2.03. The number of carbonyl (C=O) groups is 1. The Kier molecular flexibility index (Phi) is 5.42. The van der Waals surface area contributed by atoms with E-state index in [4.69, 9.17) is 23.2 Å². The molecule has 1 aromatic carbocycles. The number of hydrogen-bond acceptors (Lipinski definition) is 5. The topological polar surface area (TPSA) is 79.8 Å². The van der Waals surface area contributed by atoms with Crippen molar-refractivity contribution in [3.63, 3.8) is 0 Å².